The third-order valence-corrected chi connectivity index (χ3v) is 4.63. The number of fused-ring (bicyclic) bond motifs is 1. The maximum absolute atomic E-state index is 4.90. The number of likely N-dealkylation sites (tertiary alicyclic amines) is 1. The SMILES string of the molecule is Cc1cc2c(CN3CCCC3c3nonc3C)cccc2[nH]1. The monoisotopic (exact) mass is 296 g/mol. The number of nitrogens with zero attached hydrogens (tertiary/aromatic N) is 3. The summed E-state index contributed by atoms with van der Waals surface area (Å²) in [5, 5.41) is 9.38. The molecule has 1 aliphatic heterocycles. The van der Waals surface area contributed by atoms with Gasteiger partial charge in [-0.05, 0) is 50.9 Å². The van der Waals surface area contributed by atoms with Gasteiger partial charge in [-0.2, -0.15) is 0 Å². The molecule has 4 rings (SSSR count). The lowest BCUT2D eigenvalue weighted by Crippen LogP contribution is -2.23. The second kappa shape index (κ2) is 5.25. The Bertz CT molecular complexity index is 804. The molecule has 5 nitrogen and oxygen atoms in total. The molecule has 0 aliphatic carbocycles. The highest BCUT2D eigenvalue weighted by molar-refractivity contribution is 5.83. The number of H-pyrrole nitrogens is 1. The third kappa shape index (κ3) is 2.22. The minimum atomic E-state index is 0.321. The zero-order valence-electron chi connectivity index (χ0n) is 13.0. The van der Waals surface area contributed by atoms with Gasteiger partial charge in [0, 0.05) is 23.1 Å². The average Bonchev–Trinajstić information content (AvgIpc) is 3.18. The molecule has 0 spiro atoms. The Morgan fingerprint density at radius 2 is 2.23 bits per heavy atom. The van der Waals surface area contributed by atoms with E-state index in [9.17, 15) is 0 Å². The average molecular weight is 296 g/mol. The van der Waals surface area contributed by atoms with Crippen molar-refractivity contribution in [2.75, 3.05) is 6.54 Å². The molecule has 0 amide bonds. The fraction of sp³-hybridized carbons (Fsp3) is 0.412. The molecule has 5 heteroatoms. The van der Waals surface area contributed by atoms with E-state index < -0.39 is 0 Å². The van der Waals surface area contributed by atoms with Gasteiger partial charge in [0.1, 0.15) is 11.4 Å². The van der Waals surface area contributed by atoms with Crippen molar-refractivity contribution in [2.24, 2.45) is 0 Å². The minimum Gasteiger partial charge on any atom is -0.359 e. The molecular weight excluding hydrogens is 276 g/mol. The highest BCUT2D eigenvalue weighted by atomic mass is 16.6. The maximum atomic E-state index is 4.90. The van der Waals surface area contributed by atoms with Crippen molar-refractivity contribution in [3.63, 3.8) is 0 Å². The van der Waals surface area contributed by atoms with Crippen LogP contribution in [0.1, 0.15) is 41.5 Å². The second-order valence-electron chi connectivity index (χ2n) is 6.19. The lowest BCUT2D eigenvalue weighted by molar-refractivity contribution is 0.232. The standard InChI is InChI=1S/C17H20N4O/c1-11-9-14-13(5-3-6-15(14)18-11)10-21-8-4-7-16(21)17-12(2)19-22-20-17/h3,5-6,9,16,18H,4,7-8,10H2,1-2H3. The Morgan fingerprint density at radius 3 is 3.05 bits per heavy atom. The van der Waals surface area contributed by atoms with E-state index in [-0.39, 0.29) is 0 Å². The Morgan fingerprint density at radius 1 is 1.32 bits per heavy atom. The Balaban J connectivity index is 1.65. The number of aryl methyl sites for hydroxylation is 2. The lowest BCUT2D eigenvalue weighted by Gasteiger charge is -2.23. The van der Waals surface area contributed by atoms with E-state index in [1.54, 1.807) is 0 Å². The summed E-state index contributed by atoms with van der Waals surface area (Å²) in [5.41, 5.74) is 5.69. The van der Waals surface area contributed by atoms with Gasteiger partial charge in [0.15, 0.2) is 0 Å². The van der Waals surface area contributed by atoms with Gasteiger partial charge in [-0.25, -0.2) is 4.63 Å². The van der Waals surface area contributed by atoms with Crippen LogP contribution in [0.3, 0.4) is 0 Å². The number of aromatic amines is 1. The molecule has 1 N–H and O–H groups in total. The molecule has 1 aliphatic rings. The topological polar surface area (TPSA) is 58.0 Å². The molecule has 1 fully saturated rings. The summed E-state index contributed by atoms with van der Waals surface area (Å²) in [6, 6.07) is 9.04. The summed E-state index contributed by atoms with van der Waals surface area (Å²) in [7, 11) is 0. The van der Waals surface area contributed by atoms with Crippen LogP contribution >= 0.6 is 0 Å². The van der Waals surface area contributed by atoms with E-state index in [0.717, 1.165) is 30.9 Å². The van der Waals surface area contributed by atoms with Crippen LogP contribution in [0, 0.1) is 13.8 Å². The Labute approximate surface area is 129 Å². The molecule has 22 heavy (non-hydrogen) atoms. The van der Waals surface area contributed by atoms with Crippen molar-refractivity contribution in [1.29, 1.82) is 0 Å². The second-order valence-corrected chi connectivity index (χ2v) is 6.19. The fourth-order valence-corrected chi connectivity index (χ4v) is 3.58. The zero-order valence-corrected chi connectivity index (χ0v) is 13.0. The van der Waals surface area contributed by atoms with E-state index in [2.05, 4.69) is 51.4 Å². The van der Waals surface area contributed by atoms with Gasteiger partial charge in [0.25, 0.3) is 0 Å². The minimum absolute atomic E-state index is 0.321. The molecule has 1 unspecified atom stereocenters. The predicted molar refractivity (Wildman–Crippen MR) is 84.5 cm³/mol. The summed E-state index contributed by atoms with van der Waals surface area (Å²) < 4.78 is 4.90. The van der Waals surface area contributed by atoms with Crippen molar-refractivity contribution in [2.45, 2.75) is 39.3 Å². The molecule has 1 saturated heterocycles. The normalized spacial score (nSPS) is 19.3. The van der Waals surface area contributed by atoms with Gasteiger partial charge in [0.2, 0.25) is 0 Å². The Hall–Kier alpha value is -2.14. The van der Waals surface area contributed by atoms with Crippen molar-refractivity contribution < 1.29 is 4.63 Å². The van der Waals surface area contributed by atoms with Crippen molar-refractivity contribution in [3.8, 4) is 0 Å². The van der Waals surface area contributed by atoms with Crippen LogP contribution in [0.5, 0.6) is 0 Å². The molecule has 2 aromatic heterocycles. The van der Waals surface area contributed by atoms with E-state index in [4.69, 9.17) is 4.63 Å². The summed E-state index contributed by atoms with van der Waals surface area (Å²) in [5.74, 6) is 0. The fourth-order valence-electron chi connectivity index (χ4n) is 3.58. The molecular formula is C17H20N4O. The number of rotatable bonds is 3. The van der Waals surface area contributed by atoms with Crippen LogP contribution in [0.2, 0.25) is 0 Å². The summed E-state index contributed by atoms with van der Waals surface area (Å²) >= 11 is 0. The van der Waals surface area contributed by atoms with E-state index in [0.29, 0.717) is 6.04 Å². The molecule has 0 bridgehead atoms. The van der Waals surface area contributed by atoms with Crippen molar-refractivity contribution in [1.82, 2.24) is 20.2 Å². The van der Waals surface area contributed by atoms with Gasteiger partial charge >= 0.3 is 0 Å². The first-order valence-corrected chi connectivity index (χ1v) is 7.82. The van der Waals surface area contributed by atoms with E-state index in [1.807, 2.05) is 6.92 Å². The highest BCUT2D eigenvalue weighted by Crippen LogP contribution is 2.34. The van der Waals surface area contributed by atoms with Crippen LogP contribution < -0.4 is 0 Å². The first-order chi connectivity index (χ1) is 10.7. The molecule has 3 heterocycles. The largest absolute Gasteiger partial charge is 0.359 e. The smallest absolute Gasteiger partial charge is 0.125 e. The van der Waals surface area contributed by atoms with Gasteiger partial charge in [0.05, 0.1) is 6.04 Å². The van der Waals surface area contributed by atoms with Crippen LogP contribution in [0.25, 0.3) is 10.9 Å². The summed E-state index contributed by atoms with van der Waals surface area (Å²) in [4.78, 5) is 5.91. The number of hydrogen-bond donors (Lipinski definition) is 1. The molecule has 0 saturated carbocycles. The molecule has 1 aromatic carbocycles. The van der Waals surface area contributed by atoms with Crippen LogP contribution in [0.15, 0.2) is 28.9 Å². The van der Waals surface area contributed by atoms with Crippen LogP contribution in [-0.2, 0) is 6.54 Å². The van der Waals surface area contributed by atoms with Gasteiger partial charge in [-0.15, -0.1) is 0 Å². The predicted octanol–water partition coefficient (Wildman–Crippen LogP) is 3.50. The van der Waals surface area contributed by atoms with Crippen molar-refractivity contribution in [3.05, 3.63) is 46.9 Å². The quantitative estimate of drug-likeness (QED) is 0.803. The number of aromatic nitrogens is 3. The molecule has 1 atom stereocenters. The first kappa shape index (κ1) is 13.5. The van der Waals surface area contributed by atoms with Crippen LogP contribution in [-0.4, -0.2) is 26.7 Å². The van der Waals surface area contributed by atoms with E-state index in [1.165, 1.54) is 28.6 Å². The highest BCUT2D eigenvalue weighted by Gasteiger charge is 2.30. The van der Waals surface area contributed by atoms with Gasteiger partial charge in [-0.1, -0.05) is 22.4 Å². The molecule has 114 valence electrons. The molecule has 3 aromatic rings. The summed E-state index contributed by atoms with van der Waals surface area (Å²) in [6.07, 6.45) is 2.32. The third-order valence-electron chi connectivity index (χ3n) is 4.63. The number of hydrogen-bond acceptors (Lipinski definition) is 4. The van der Waals surface area contributed by atoms with Crippen LogP contribution in [0.4, 0.5) is 0 Å². The maximum Gasteiger partial charge on any atom is 0.125 e. The first-order valence-electron chi connectivity index (χ1n) is 7.82. The zero-order chi connectivity index (χ0) is 15.1. The van der Waals surface area contributed by atoms with Gasteiger partial charge in [-0.3, -0.25) is 4.90 Å². The Kier molecular flexibility index (Phi) is 3.22. The number of nitrogens with one attached hydrogen (secondary N) is 1. The molecule has 0 radical (unpaired) electrons. The number of benzene rings is 1. The van der Waals surface area contributed by atoms with Gasteiger partial charge < -0.3 is 4.98 Å². The van der Waals surface area contributed by atoms with E-state index >= 15 is 0 Å². The van der Waals surface area contributed by atoms with Crippen molar-refractivity contribution >= 4 is 10.9 Å². The summed E-state index contributed by atoms with van der Waals surface area (Å²) in [6.45, 7) is 6.10. The lowest BCUT2D eigenvalue weighted by atomic mass is 10.1.